The quantitative estimate of drug-likeness (QED) is 0.529. The maximum absolute atomic E-state index is 13.4. The van der Waals surface area contributed by atoms with Crippen LogP contribution < -0.4 is 9.80 Å². The van der Waals surface area contributed by atoms with Crippen molar-refractivity contribution in [3.8, 4) is 0 Å². The molecule has 0 aliphatic carbocycles. The third kappa shape index (κ3) is 2.89. The lowest BCUT2D eigenvalue weighted by molar-refractivity contribution is -0.907. The zero-order valence-electron chi connectivity index (χ0n) is 15.9. The highest BCUT2D eigenvalue weighted by Gasteiger charge is 2.62. The maximum Gasteiger partial charge on any atom is 0.296 e. The van der Waals surface area contributed by atoms with Gasteiger partial charge in [-0.1, -0.05) is 25.1 Å². The van der Waals surface area contributed by atoms with Crippen LogP contribution in [0.4, 0.5) is 5.69 Å². The number of anilines is 1. The zero-order valence-corrected chi connectivity index (χ0v) is 15.9. The van der Waals surface area contributed by atoms with Crippen LogP contribution in [0.5, 0.6) is 0 Å². The molecule has 4 rings (SSSR count). The van der Waals surface area contributed by atoms with Gasteiger partial charge < -0.3 is 19.5 Å². The number of likely N-dealkylation sites (tertiary alicyclic amines) is 1. The highest BCUT2D eigenvalue weighted by Crippen LogP contribution is 2.46. The number of hydrogen-bond acceptors (Lipinski definition) is 6. The van der Waals surface area contributed by atoms with Crippen LogP contribution >= 0.6 is 0 Å². The van der Waals surface area contributed by atoms with E-state index in [1.165, 1.54) is 11.3 Å². The van der Waals surface area contributed by atoms with Crippen molar-refractivity contribution in [3.63, 3.8) is 0 Å². The van der Waals surface area contributed by atoms with Crippen LogP contribution in [0.25, 0.3) is 0 Å². The van der Waals surface area contributed by atoms with Crippen LogP contribution in [0.3, 0.4) is 0 Å². The van der Waals surface area contributed by atoms with Crippen molar-refractivity contribution in [1.82, 2.24) is 0 Å². The van der Waals surface area contributed by atoms with Crippen LogP contribution in [0, 0.1) is 16.0 Å². The highest BCUT2D eigenvalue weighted by atomic mass is 16.7. The zero-order chi connectivity index (χ0) is 19.9. The molecule has 28 heavy (non-hydrogen) atoms. The molecule has 0 radical (unpaired) electrons. The summed E-state index contributed by atoms with van der Waals surface area (Å²) in [4.78, 5) is 27.2. The van der Waals surface area contributed by atoms with Gasteiger partial charge in [-0.15, -0.1) is 0 Å². The third-order valence-corrected chi connectivity index (χ3v) is 6.09. The van der Waals surface area contributed by atoms with Gasteiger partial charge in [0.2, 0.25) is 0 Å². The molecular formula is C19H26N3O6+. The van der Waals surface area contributed by atoms with Crippen LogP contribution in [-0.2, 0) is 20.1 Å². The van der Waals surface area contributed by atoms with Crippen molar-refractivity contribution < 1.29 is 29.2 Å². The van der Waals surface area contributed by atoms with E-state index in [1.807, 2.05) is 12.1 Å². The lowest BCUT2D eigenvalue weighted by atomic mass is 10.00. The first kappa shape index (κ1) is 19.3. The predicted molar refractivity (Wildman–Crippen MR) is 98.3 cm³/mol. The van der Waals surface area contributed by atoms with Crippen LogP contribution in [0.1, 0.15) is 25.3 Å². The largest absolute Gasteiger partial charge is 0.389 e. The van der Waals surface area contributed by atoms with Crippen LogP contribution in [0.15, 0.2) is 24.3 Å². The summed E-state index contributed by atoms with van der Waals surface area (Å²) in [7, 11) is 0. The van der Waals surface area contributed by atoms with Crippen molar-refractivity contribution >= 4 is 11.6 Å². The molecule has 2 fully saturated rings. The lowest BCUT2D eigenvalue weighted by Crippen LogP contribution is -3.15. The Morgan fingerprint density at radius 2 is 2.07 bits per heavy atom. The number of quaternary nitrogens is 1. The number of benzene rings is 1. The molecule has 9 nitrogen and oxygen atoms in total. The highest BCUT2D eigenvalue weighted by molar-refractivity contribution is 6.05. The summed E-state index contributed by atoms with van der Waals surface area (Å²) in [6.07, 6.45) is 2.33. The maximum atomic E-state index is 13.4. The summed E-state index contributed by atoms with van der Waals surface area (Å²) in [5, 5.41) is 20.9. The Hall–Kier alpha value is -2.07. The van der Waals surface area contributed by atoms with E-state index in [-0.39, 0.29) is 5.91 Å². The van der Waals surface area contributed by atoms with Gasteiger partial charge in [-0.05, 0) is 18.9 Å². The Morgan fingerprint density at radius 1 is 1.36 bits per heavy atom. The first-order valence-corrected chi connectivity index (χ1v) is 9.70. The number of aliphatic hydroxyl groups excluding tert-OH is 1. The molecule has 0 saturated carbocycles. The molecule has 3 aliphatic heterocycles. The Labute approximate surface area is 163 Å². The van der Waals surface area contributed by atoms with Gasteiger partial charge in [0.25, 0.3) is 17.2 Å². The number of hydrogen-bond donors (Lipinski definition) is 2. The fraction of sp³-hybridized carbons (Fsp3) is 0.632. The SMILES string of the molecule is CC1CCC[NH+](CN2C(=O)C3(OCC(CO)([N+](=O)[O-])CO3)c3ccccc32)C1. The average Bonchev–Trinajstić information content (AvgIpc) is 2.92. The van der Waals surface area contributed by atoms with Gasteiger partial charge >= 0.3 is 0 Å². The molecule has 3 heterocycles. The number of ether oxygens (including phenoxy) is 2. The van der Waals surface area contributed by atoms with Crippen molar-refractivity contribution in [3.05, 3.63) is 39.9 Å². The van der Waals surface area contributed by atoms with E-state index in [1.54, 1.807) is 17.0 Å². The number of rotatable bonds is 4. The van der Waals surface area contributed by atoms with Gasteiger partial charge in [-0.3, -0.25) is 19.8 Å². The summed E-state index contributed by atoms with van der Waals surface area (Å²) < 4.78 is 11.5. The van der Waals surface area contributed by atoms with Crippen LogP contribution in [0.2, 0.25) is 0 Å². The first-order valence-electron chi connectivity index (χ1n) is 9.70. The number of aliphatic hydroxyl groups is 1. The van der Waals surface area contributed by atoms with Gasteiger partial charge in [0.05, 0.1) is 18.8 Å². The Kier molecular flexibility index (Phi) is 4.86. The number of carbonyl (C=O) groups excluding carboxylic acids is 1. The Morgan fingerprint density at radius 3 is 2.71 bits per heavy atom. The molecule has 2 N–H and O–H groups in total. The Bertz CT molecular complexity index is 777. The van der Waals surface area contributed by atoms with Crippen molar-refractivity contribution in [2.24, 2.45) is 5.92 Å². The van der Waals surface area contributed by atoms with Crippen molar-refractivity contribution in [2.75, 3.05) is 44.5 Å². The van der Waals surface area contributed by atoms with E-state index >= 15 is 0 Å². The molecule has 0 bridgehead atoms. The molecule has 9 heteroatoms. The Balaban J connectivity index is 1.62. The average molecular weight is 392 g/mol. The second-order valence-corrected chi connectivity index (χ2v) is 8.19. The van der Waals surface area contributed by atoms with Gasteiger partial charge in [-0.2, -0.15) is 0 Å². The number of fused-ring (bicyclic) bond motifs is 2. The summed E-state index contributed by atoms with van der Waals surface area (Å²) >= 11 is 0. The van der Waals surface area contributed by atoms with Crippen LogP contribution in [-0.4, -0.2) is 61.1 Å². The normalized spacial score (nSPS) is 35.2. The van der Waals surface area contributed by atoms with Gasteiger partial charge in [0.1, 0.15) is 19.8 Å². The molecule has 2 atom stereocenters. The molecule has 2 saturated heterocycles. The molecule has 0 aromatic heterocycles. The summed E-state index contributed by atoms with van der Waals surface area (Å²) in [5.41, 5.74) is -0.461. The number of nitro groups is 1. The minimum atomic E-state index is -1.75. The monoisotopic (exact) mass is 392 g/mol. The topological polar surface area (TPSA) is 107 Å². The first-order chi connectivity index (χ1) is 13.4. The minimum Gasteiger partial charge on any atom is -0.389 e. The third-order valence-electron chi connectivity index (χ3n) is 6.09. The second-order valence-electron chi connectivity index (χ2n) is 8.19. The second kappa shape index (κ2) is 7.07. The van der Waals surface area contributed by atoms with E-state index in [9.17, 15) is 20.0 Å². The molecule has 1 aromatic carbocycles. The smallest absolute Gasteiger partial charge is 0.296 e. The number of para-hydroxylation sites is 1. The summed E-state index contributed by atoms with van der Waals surface area (Å²) in [6.45, 7) is 3.23. The predicted octanol–water partition coefficient (Wildman–Crippen LogP) is -0.487. The number of piperidine rings is 1. The van der Waals surface area contributed by atoms with E-state index in [2.05, 4.69) is 6.92 Å². The van der Waals surface area contributed by atoms with E-state index in [0.29, 0.717) is 18.2 Å². The minimum absolute atomic E-state index is 0.352. The van der Waals surface area contributed by atoms with E-state index in [4.69, 9.17) is 9.47 Å². The molecule has 1 spiro atoms. The molecule has 3 aliphatic rings. The standard InChI is InChI=1S/C19H25N3O6/c1-14-5-4-8-20(9-14)13-21-16-7-3-2-6-15(16)19(17(21)24)27-11-18(10-23,12-28-19)22(25)26/h2-3,6-7,14,23H,4-5,8-13H2,1H3/p+1. The van der Waals surface area contributed by atoms with Crippen molar-refractivity contribution in [2.45, 2.75) is 31.1 Å². The molecule has 1 aromatic rings. The molecule has 152 valence electrons. The summed E-state index contributed by atoms with van der Waals surface area (Å²) in [5.74, 6) is -1.42. The number of carbonyl (C=O) groups is 1. The fourth-order valence-corrected chi connectivity index (χ4v) is 4.40. The molecule has 2 unspecified atom stereocenters. The van der Waals surface area contributed by atoms with Gasteiger partial charge in [0.15, 0.2) is 6.67 Å². The number of amides is 1. The summed E-state index contributed by atoms with van der Waals surface area (Å²) in [6, 6.07) is 7.26. The van der Waals surface area contributed by atoms with Gasteiger partial charge in [0, 0.05) is 16.4 Å². The molecular weight excluding hydrogens is 366 g/mol. The number of nitrogens with one attached hydrogen (secondary N) is 1. The lowest BCUT2D eigenvalue weighted by Gasteiger charge is -2.38. The van der Waals surface area contributed by atoms with Crippen molar-refractivity contribution in [1.29, 1.82) is 0 Å². The van der Waals surface area contributed by atoms with Gasteiger partial charge in [-0.25, -0.2) is 0 Å². The number of nitrogens with zero attached hydrogens (tertiary/aromatic N) is 2. The van der Waals surface area contributed by atoms with E-state index in [0.717, 1.165) is 25.2 Å². The fourth-order valence-electron chi connectivity index (χ4n) is 4.40. The molecule has 1 amide bonds. The van der Waals surface area contributed by atoms with E-state index < -0.39 is 36.1 Å².